The van der Waals surface area contributed by atoms with E-state index in [4.69, 9.17) is 11.6 Å². The van der Waals surface area contributed by atoms with Crippen LogP contribution in [0.15, 0.2) is 42.6 Å². The number of aryl methyl sites for hydroxylation is 1. The molecule has 2 rings (SSSR count). The maximum absolute atomic E-state index is 13.9. The van der Waals surface area contributed by atoms with Gasteiger partial charge in [0.15, 0.2) is 0 Å². The van der Waals surface area contributed by atoms with Crippen LogP contribution in [0.4, 0.5) is 19.0 Å². The van der Waals surface area contributed by atoms with Crippen molar-refractivity contribution < 1.29 is 32.5 Å². The van der Waals surface area contributed by atoms with Crippen LogP contribution in [-0.2, 0) is 9.53 Å². The molecule has 0 aliphatic heterocycles. The predicted octanol–water partition coefficient (Wildman–Crippen LogP) is 2.74. The van der Waals surface area contributed by atoms with Crippen molar-refractivity contribution in [3.05, 3.63) is 58.7 Å². The van der Waals surface area contributed by atoms with Crippen molar-refractivity contribution in [3.63, 3.8) is 0 Å². The highest BCUT2D eigenvalue weighted by Crippen LogP contribution is 2.32. The molecule has 3 N–H and O–H groups in total. The van der Waals surface area contributed by atoms with E-state index >= 15 is 0 Å². The summed E-state index contributed by atoms with van der Waals surface area (Å²) in [6.45, 7) is 1.65. The minimum Gasteiger partial charge on any atom is -0.464 e. The molecule has 1 aromatic heterocycles. The number of methoxy groups -OCH3 is 1. The van der Waals surface area contributed by atoms with E-state index in [0.717, 1.165) is 7.11 Å². The highest BCUT2D eigenvalue weighted by atomic mass is 35.5. The number of hydrogen-bond acceptors (Lipinski definition) is 4. The van der Waals surface area contributed by atoms with E-state index in [1.807, 2.05) is 5.32 Å². The van der Waals surface area contributed by atoms with Crippen LogP contribution in [0.3, 0.4) is 0 Å². The van der Waals surface area contributed by atoms with Crippen LogP contribution in [0.1, 0.15) is 15.9 Å². The Morgan fingerprint density at radius 2 is 1.89 bits per heavy atom. The van der Waals surface area contributed by atoms with E-state index < -0.39 is 23.7 Å². The monoisotopic (exact) mass is 402 g/mol. The van der Waals surface area contributed by atoms with Crippen LogP contribution in [-0.4, -0.2) is 30.8 Å². The van der Waals surface area contributed by atoms with E-state index in [1.54, 1.807) is 18.3 Å². The fourth-order valence-corrected chi connectivity index (χ4v) is 2.46. The Hall–Kier alpha value is -2.81. The second kappa shape index (κ2) is 7.83. The third-order valence-corrected chi connectivity index (χ3v) is 3.82. The summed E-state index contributed by atoms with van der Waals surface area (Å²) in [5, 5.41) is 3.87. The number of hydrogen-bond donors (Lipinski definition) is 2. The van der Waals surface area contributed by atoms with E-state index in [9.17, 15) is 22.8 Å². The molecule has 0 radical (unpaired) electrons. The van der Waals surface area contributed by atoms with Crippen LogP contribution in [0.2, 0.25) is 5.02 Å². The Labute approximate surface area is 157 Å². The average Bonchev–Trinajstić information content (AvgIpc) is 2.59. The van der Waals surface area contributed by atoms with Gasteiger partial charge in [0.2, 0.25) is 0 Å². The molecule has 2 aromatic rings. The molecule has 1 atom stereocenters. The molecule has 0 aliphatic rings. The first kappa shape index (κ1) is 20.5. The Balaban J connectivity index is 2.50. The molecular weight excluding hydrogens is 387 g/mol. The largest absolute Gasteiger partial charge is 0.464 e. The number of anilines is 1. The number of halogens is 4. The number of nitrogens with one attached hydrogen (secondary N) is 3. The zero-order chi connectivity index (χ0) is 20.2. The highest BCUT2D eigenvalue weighted by Gasteiger charge is 2.67. The molecular formula is C17H16ClF3N3O3+. The molecule has 144 valence electrons. The second-order valence-corrected chi connectivity index (χ2v) is 6.04. The van der Waals surface area contributed by atoms with Crippen molar-refractivity contribution in [1.82, 2.24) is 5.32 Å². The van der Waals surface area contributed by atoms with Gasteiger partial charge in [-0.25, -0.2) is 15.1 Å². The molecule has 1 aromatic carbocycles. The van der Waals surface area contributed by atoms with Crippen LogP contribution in [0.5, 0.6) is 0 Å². The lowest BCUT2D eigenvalue weighted by Crippen LogP contribution is -2.69. The zero-order valence-electron chi connectivity index (χ0n) is 14.3. The molecule has 0 saturated carbocycles. The predicted molar refractivity (Wildman–Crippen MR) is 91.1 cm³/mol. The molecule has 27 heavy (non-hydrogen) atoms. The van der Waals surface area contributed by atoms with Gasteiger partial charge < -0.3 is 4.74 Å². The van der Waals surface area contributed by atoms with Crippen molar-refractivity contribution in [3.8, 4) is 0 Å². The topological polar surface area (TPSA) is 81.6 Å². The first-order valence-corrected chi connectivity index (χ1v) is 7.96. The van der Waals surface area contributed by atoms with Crippen LogP contribution in [0.25, 0.3) is 0 Å². The van der Waals surface area contributed by atoms with Crippen LogP contribution < -0.4 is 15.6 Å². The highest BCUT2D eigenvalue weighted by molar-refractivity contribution is 6.31. The number of carbonyl (C=O) groups is 2. The summed E-state index contributed by atoms with van der Waals surface area (Å²) < 4.78 is 46.1. The summed E-state index contributed by atoms with van der Waals surface area (Å²) in [6.07, 6.45) is -3.85. The molecule has 0 bridgehead atoms. The quantitative estimate of drug-likeness (QED) is 0.595. The normalized spacial score (nSPS) is 13.4. The number of carbonyl (C=O) groups excluding carboxylic acids is 2. The Kier molecular flexibility index (Phi) is 5.94. The number of esters is 1. The lowest BCUT2D eigenvalue weighted by molar-refractivity contribution is -0.363. The molecule has 6 nitrogen and oxygen atoms in total. The van der Waals surface area contributed by atoms with Gasteiger partial charge in [0.05, 0.1) is 13.3 Å². The van der Waals surface area contributed by atoms with E-state index in [2.05, 4.69) is 9.72 Å². The first-order chi connectivity index (χ1) is 12.6. The third kappa shape index (κ3) is 4.48. The SMILES string of the molecule is COC(=O)[C@@](NC(=O)c1cccc(Cl)c1)(Nc1cc(C)cc[nH+]1)C(F)(F)F. The van der Waals surface area contributed by atoms with Crippen LogP contribution >= 0.6 is 11.6 Å². The van der Waals surface area contributed by atoms with Gasteiger partial charge in [-0.05, 0) is 36.8 Å². The number of benzene rings is 1. The summed E-state index contributed by atoms with van der Waals surface area (Å²) in [5.41, 5.74) is -3.06. The summed E-state index contributed by atoms with van der Waals surface area (Å²) in [6, 6.07) is 8.24. The van der Waals surface area contributed by atoms with Gasteiger partial charge >= 0.3 is 17.8 Å². The molecule has 0 fully saturated rings. The third-order valence-electron chi connectivity index (χ3n) is 3.58. The van der Waals surface area contributed by atoms with Gasteiger partial charge in [-0.3, -0.25) is 10.1 Å². The van der Waals surface area contributed by atoms with Gasteiger partial charge in [-0.1, -0.05) is 17.7 Å². The Morgan fingerprint density at radius 3 is 2.44 bits per heavy atom. The number of pyridine rings is 1. The maximum Gasteiger partial charge on any atom is 0.464 e. The number of ether oxygens (including phenoxy) is 1. The molecule has 10 heteroatoms. The van der Waals surface area contributed by atoms with E-state index in [-0.39, 0.29) is 16.4 Å². The fraction of sp³-hybridized carbons (Fsp3) is 0.235. The molecule has 0 spiro atoms. The van der Waals surface area contributed by atoms with Crippen molar-refractivity contribution in [2.75, 3.05) is 12.4 Å². The molecule has 1 amide bonds. The second-order valence-electron chi connectivity index (χ2n) is 5.61. The molecule has 1 heterocycles. The van der Waals surface area contributed by atoms with Crippen molar-refractivity contribution in [2.45, 2.75) is 18.8 Å². The summed E-state index contributed by atoms with van der Waals surface area (Å²) in [4.78, 5) is 27.1. The number of H-pyrrole nitrogens is 1. The standard InChI is InChI=1S/C17H15ClF3N3O3/c1-10-6-7-22-13(8-10)23-16(15(26)27-2,17(19,20)21)24-14(25)11-4-3-5-12(18)9-11/h3-9H,1-2H3,(H,22,23)(H,24,25)/p+1/t16-/m0/s1. The number of rotatable bonds is 5. The first-order valence-electron chi connectivity index (χ1n) is 7.59. The number of alkyl halides is 3. The number of aromatic amines is 1. The van der Waals surface area contributed by atoms with E-state index in [0.29, 0.717) is 5.56 Å². The van der Waals surface area contributed by atoms with Gasteiger partial charge in [-0.2, -0.15) is 13.2 Å². The fourth-order valence-electron chi connectivity index (χ4n) is 2.27. The molecule has 0 saturated heterocycles. The zero-order valence-corrected chi connectivity index (χ0v) is 15.0. The van der Waals surface area contributed by atoms with Gasteiger partial charge in [0.1, 0.15) is 0 Å². The summed E-state index contributed by atoms with van der Waals surface area (Å²) in [7, 11) is 0.788. The van der Waals surface area contributed by atoms with Gasteiger partial charge in [-0.15, -0.1) is 0 Å². The Morgan fingerprint density at radius 1 is 1.19 bits per heavy atom. The smallest absolute Gasteiger partial charge is 0.464 e. The number of aromatic nitrogens is 1. The van der Waals surface area contributed by atoms with Gasteiger partial charge in [0.25, 0.3) is 11.7 Å². The van der Waals surface area contributed by atoms with Crippen molar-refractivity contribution in [2.24, 2.45) is 0 Å². The van der Waals surface area contributed by atoms with E-state index in [1.165, 1.54) is 36.5 Å². The van der Waals surface area contributed by atoms with Gasteiger partial charge in [0, 0.05) is 16.7 Å². The summed E-state index contributed by atoms with van der Waals surface area (Å²) >= 11 is 5.77. The minimum atomic E-state index is -5.23. The molecule has 0 unspecified atom stereocenters. The van der Waals surface area contributed by atoms with Crippen molar-refractivity contribution in [1.29, 1.82) is 0 Å². The number of amides is 1. The van der Waals surface area contributed by atoms with Crippen LogP contribution in [0, 0.1) is 6.92 Å². The summed E-state index contributed by atoms with van der Waals surface area (Å²) in [5.74, 6) is -3.05. The van der Waals surface area contributed by atoms with Crippen molar-refractivity contribution >= 4 is 29.3 Å². The Bertz CT molecular complexity index is 861. The molecule has 0 aliphatic carbocycles. The minimum absolute atomic E-state index is 0.149. The lowest BCUT2D eigenvalue weighted by Gasteiger charge is -2.30. The lowest BCUT2D eigenvalue weighted by atomic mass is 10.1. The average molecular weight is 403 g/mol. The maximum atomic E-state index is 13.9.